The number of benzene rings is 1. The zero-order chi connectivity index (χ0) is 15.5. The molecule has 2 amide bonds. The van der Waals surface area contributed by atoms with Crippen LogP contribution in [0.5, 0.6) is 11.5 Å². The van der Waals surface area contributed by atoms with Crippen molar-refractivity contribution < 1.29 is 19.4 Å². The SMILES string of the molecule is C#Cc1cc(O)cc(OC)c1.CC.O=C1C=CC(=O)N1. The van der Waals surface area contributed by atoms with Gasteiger partial charge in [-0.25, -0.2) is 0 Å². The van der Waals surface area contributed by atoms with Crippen molar-refractivity contribution in [2.45, 2.75) is 13.8 Å². The topological polar surface area (TPSA) is 75.6 Å². The number of terminal acetylenes is 1. The summed E-state index contributed by atoms with van der Waals surface area (Å²) in [5, 5.41) is 11.1. The first-order valence-corrected chi connectivity index (χ1v) is 5.93. The average Bonchev–Trinajstić information content (AvgIpc) is 2.84. The normalized spacial score (nSPS) is 11.3. The maximum Gasteiger partial charge on any atom is 0.250 e. The lowest BCUT2D eigenvalue weighted by molar-refractivity contribution is -0.123. The molecule has 1 heterocycles. The number of hydrogen-bond donors (Lipinski definition) is 2. The maximum absolute atomic E-state index is 10.0. The van der Waals surface area contributed by atoms with Crippen molar-refractivity contribution in [1.82, 2.24) is 5.32 Å². The van der Waals surface area contributed by atoms with Crippen LogP contribution in [0.3, 0.4) is 0 Å². The molecule has 0 saturated heterocycles. The number of carbonyl (C=O) groups excluding carboxylic acids is 2. The molecule has 0 unspecified atom stereocenters. The smallest absolute Gasteiger partial charge is 0.250 e. The van der Waals surface area contributed by atoms with E-state index < -0.39 is 0 Å². The summed E-state index contributed by atoms with van der Waals surface area (Å²) in [7, 11) is 1.52. The summed E-state index contributed by atoms with van der Waals surface area (Å²) in [6.45, 7) is 4.00. The number of carbonyl (C=O) groups is 2. The van der Waals surface area contributed by atoms with Crippen molar-refractivity contribution in [2.75, 3.05) is 7.11 Å². The van der Waals surface area contributed by atoms with Gasteiger partial charge in [0.25, 0.3) is 11.8 Å². The Kier molecular flexibility index (Phi) is 7.96. The Balaban J connectivity index is 0.000000345. The summed E-state index contributed by atoms with van der Waals surface area (Å²) in [5.41, 5.74) is 0.613. The predicted molar refractivity (Wildman–Crippen MR) is 76.2 cm³/mol. The molecule has 2 rings (SSSR count). The number of imide groups is 1. The summed E-state index contributed by atoms with van der Waals surface area (Å²) in [6.07, 6.45) is 7.52. The Morgan fingerprint density at radius 2 is 1.70 bits per heavy atom. The van der Waals surface area contributed by atoms with Crippen molar-refractivity contribution in [3.63, 3.8) is 0 Å². The van der Waals surface area contributed by atoms with E-state index in [1.165, 1.54) is 31.4 Å². The third-order valence-corrected chi connectivity index (χ3v) is 1.93. The quantitative estimate of drug-likeness (QED) is 0.603. The van der Waals surface area contributed by atoms with E-state index >= 15 is 0 Å². The van der Waals surface area contributed by atoms with Gasteiger partial charge in [0.1, 0.15) is 11.5 Å². The number of rotatable bonds is 1. The van der Waals surface area contributed by atoms with E-state index in [4.69, 9.17) is 16.3 Å². The number of aromatic hydroxyl groups is 1. The van der Waals surface area contributed by atoms with Gasteiger partial charge in [-0.3, -0.25) is 14.9 Å². The van der Waals surface area contributed by atoms with Gasteiger partial charge >= 0.3 is 0 Å². The van der Waals surface area contributed by atoms with Crippen LogP contribution in [0.4, 0.5) is 0 Å². The number of phenolic OH excluding ortho intramolecular Hbond substituents is 1. The third-order valence-electron chi connectivity index (χ3n) is 1.93. The van der Waals surface area contributed by atoms with Crippen LogP contribution >= 0.6 is 0 Å². The van der Waals surface area contributed by atoms with Crippen LogP contribution in [0.2, 0.25) is 0 Å². The van der Waals surface area contributed by atoms with Crippen LogP contribution in [-0.4, -0.2) is 24.0 Å². The number of hydrogen-bond acceptors (Lipinski definition) is 4. The second kappa shape index (κ2) is 9.22. The molecule has 1 aliphatic heterocycles. The van der Waals surface area contributed by atoms with E-state index in [1.807, 2.05) is 19.2 Å². The van der Waals surface area contributed by atoms with Gasteiger partial charge in [0.05, 0.1) is 7.11 Å². The first-order chi connectivity index (χ1) is 9.55. The molecule has 5 nitrogen and oxygen atoms in total. The number of methoxy groups -OCH3 is 1. The van der Waals surface area contributed by atoms with E-state index in [2.05, 4.69) is 5.92 Å². The standard InChI is InChI=1S/C9H8O2.C4H3NO2.C2H6/c1-3-7-4-8(10)6-9(5-7)11-2;6-3-1-2-4(7)5-3;1-2/h1,4-6,10H,2H3;1-2H,(H,5,6,7);1-2H3. The summed E-state index contributed by atoms with van der Waals surface area (Å²) in [4.78, 5) is 20.1. The van der Waals surface area contributed by atoms with Gasteiger partial charge in [0, 0.05) is 23.8 Å². The summed E-state index contributed by atoms with van der Waals surface area (Å²) in [6, 6.07) is 4.68. The number of nitrogens with one attached hydrogen (secondary N) is 1. The molecule has 1 aromatic carbocycles. The van der Waals surface area contributed by atoms with Gasteiger partial charge in [-0.2, -0.15) is 0 Å². The summed E-state index contributed by atoms with van der Waals surface area (Å²) >= 11 is 0. The monoisotopic (exact) mass is 275 g/mol. The van der Waals surface area contributed by atoms with Crippen molar-refractivity contribution in [2.24, 2.45) is 0 Å². The fourth-order valence-corrected chi connectivity index (χ4v) is 1.14. The average molecular weight is 275 g/mol. The highest BCUT2D eigenvalue weighted by molar-refractivity contribution is 6.12. The molecule has 0 bridgehead atoms. The molecule has 5 heteroatoms. The molecule has 0 saturated carbocycles. The minimum Gasteiger partial charge on any atom is -0.508 e. The maximum atomic E-state index is 10.0. The van der Waals surface area contributed by atoms with E-state index in [0.29, 0.717) is 11.3 Å². The summed E-state index contributed by atoms with van der Waals surface area (Å²) < 4.78 is 4.88. The van der Waals surface area contributed by atoms with Crippen LogP contribution in [0.1, 0.15) is 19.4 Å². The number of phenols is 1. The van der Waals surface area contributed by atoms with Crippen molar-refractivity contribution >= 4 is 11.8 Å². The second-order valence-electron chi connectivity index (χ2n) is 3.25. The van der Waals surface area contributed by atoms with Crippen LogP contribution < -0.4 is 10.1 Å². The number of amides is 2. The van der Waals surface area contributed by atoms with E-state index in [0.717, 1.165) is 0 Å². The predicted octanol–water partition coefficient (Wildman–Crippen LogP) is 1.61. The van der Waals surface area contributed by atoms with Gasteiger partial charge in [-0.1, -0.05) is 19.8 Å². The Labute approximate surface area is 118 Å². The summed E-state index contributed by atoms with van der Waals surface area (Å²) in [5.74, 6) is 2.44. The molecular formula is C15H17NO4. The van der Waals surface area contributed by atoms with Gasteiger partial charge in [-0.05, 0) is 12.1 Å². The molecule has 0 aliphatic carbocycles. The highest BCUT2D eigenvalue weighted by Crippen LogP contribution is 2.20. The van der Waals surface area contributed by atoms with Crippen molar-refractivity contribution in [3.05, 3.63) is 35.9 Å². The highest BCUT2D eigenvalue weighted by Gasteiger charge is 2.06. The van der Waals surface area contributed by atoms with E-state index in [-0.39, 0.29) is 17.6 Å². The zero-order valence-electron chi connectivity index (χ0n) is 11.6. The van der Waals surface area contributed by atoms with E-state index in [9.17, 15) is 9.59 Å². The molecule has 0 aromatic heterocycles. The molecule has 0 radical (unpaired) electrons. The molecule has 0 fully saturated rings. The van der Waals surface area contributed by atoms with Gasteiger partial charge in [0.15, 0.2) is 0 Å². The lowest BCUT2D eigenvalue weighted by atomic mass is 10.2. The van der Waals surface area contributed by atoms with Gasteiger partial charge < -0.3 is 9.84 Å². The Bertz CT molecular complexity index is 525. The zero-order valence-corrected chi connectivity index (χ0v) is 11.6. The third kappa shape index (κ3) is 6.26. The van der Waals surface area contributed by atoms with Crippen LogP contribution in [0.15, 0.2) is 30.4 Å². The van der Waals surface area contributed by atoms with Gasteiger partial charge in [-0.15, -0.1) is 6.42 Å². The Morgan fingerprint density at radius 1 is 1.15 bits per heavy atom. The van der Waals surface area contributed by atoms with Crippen LogP contribution in [-0.2, 0) is 9.59 Å². The fraction of sp³-hybridized carbons (Fsp3) is 0.200. The largest absolute Gasteiger partial charge is 0.508 e. The van der Waals surface area contributed by atoms with Gasteiger partial charge in [0.2, 0.25) is 0 Å². The minimum atomic E-state index is -0.329. The Morgan fingerprint density at radius 3 is 2.05 bits per heavy atom. The first-order valence-electron chi connectivity index (χ1n) is 5.93. The highest BCUT2D eigenvalue weighted by atomic mass is 16.5. The minimum absolute atomic E-state index is 0.123. The Hall–Kier alpha value is -2.74. The molecule has 1 aromatic rings. The number of ether oxygens (including phenoxy) is 1. The molecule has 20 heavy (non-hydrogen) atoms. The lowest BCUT2D eigenvalue weighted by Crippen LogP contribution is -2.19. The second-order valence-corrected chi connectivity index (χ2v) is 3.25. The molecule has 1 aliphatic rings. The first kappa shape index (κ1) is 17.3. The molecule has 0 spiro atoms. The van der Waals surface area contributed by atoms with Crippen LogP contribution in [0, 0.1) is 12.3 Å². The molecule has 2 N–H and O–H groups in total. The molecule has 0 atom stereocenters. The fourth-order valence-electron chi connectivity index (χ4n) is 1.14. The van der Waals surface area contributed by atoms with E-state index in [1.54, 1.807) is 6.07 Å². The molecule has 106 valence electrons. The molecular weight excluding hydrogens is 258 g/mol. The lowest BCUT2D eigenvalue weighted by Gasteiger charge is -2.00. The van der Waals surface area contributed by atoms with Crippen LogP contribution in [0.25, 0.3) is 0 Å². The van der Waals surface area contributed by atoms with Crippen molar-refractivity contribution in [3.8, 4) is 23.8 Å². The van der Waals surface area contributed by atoms with Crippen molar-refractivity contribution in [1.29, 1.82) is 0 Å².